The van der Waals surface area contributed by atoms with Gasteiger partial charge in [-0.05, 0) is 31.1 Å². The number of nitrogens with one attached hydrogen (secondary N) is 1. The average Bonchev–Trinajstić information content (AvgIpc) is 2.95. The topological polar surface area (TPSA) is 69.6 Å². The lowest BCUT2D eigenvalue weighted by atomic mass is 9.89. The Bertz CT molecular complexity index is 337. The summed E-state index contributed by atoms with van der Waals surface area (Å²) in [7, 11) is 0. The Morgan fingerprint density at radius 1 is 1.33 bits per heavy atom. The van der Waals surface area contributed by atoms with Gasteiger partial charge in [0.15, 0.2) is 0 Å². The Labute approximate surface area is 108 Å². The molecule has 2 amide bonds. The molecule has 0 radical (unpaired) electrons. The van der Waals surface area contributed by atoms with E-state index in [1.54, 1.807) is 0 Å². The second-order valence-corrected chi connectivity index (χ2v) is 5.87. The first-order chi connectivity index (χ1) is 8.52. The highest BCUT2D eigenvalue weighted by atomic mass is 16.4. The van der Waals surface area contributed by atoms with Gasteiger partial charge in [0.2, 0.25) is 0 Å². The molecule has 2 aliphatic rings. The van der Waals surface area contributed by atoms with Crippen molar-refractivity contribution in [3.05, 3.63) is 0 Å². The third kappa shape index (κ3) is 2.76. The number of amides is 2. The van der Waals surface area contributed by atoms with Gasteiger partial charge >= 0.3 is 12.0 Å². The van der Waals surface area contributed by atoms with Crippen LogP contribution in [-0.4, -0.2) is 41.1 Å². The number of carbonyl (C=O) groups is 2. The zero-order valence-corrected chi connectivity index (χ0v) is 10.9. The minimum Gasteiger partial charge on any atom is -0.480 e. The lowest BCUT2D eigenvalue weighted by Crippen LogP contribution is -2.48. The largest absolute Gasteiger partial charge is 0.480 e. The zero-order chi connectivity index (χ0) is 13.2. The van der Waals surface area contributed by atoms with Gasteiger partial charge in [-0.3, -0.25) is 0 Å². The van der Waals surface area contributed by atoms with Gasteiger partial charge in [-0.15, -0.1) is 0 Å². The van der Waals surface area contributed by atoms with Crippen molar-refractivity contribution in [3.63, 3.8) is 0 Å². The van der Waals surface area contributed by atoms with Crippen LogP contribution in [-0.2, 0) is 4.79 Å². The number of carboxylic acid groups (broad SMARTS) is 1. The summed E-state index contributed by atoms with van der Waals surface area (Å²) in [5.41, 5.74) is 0.202. The molecule has 0 aromatic rings. The van der Waals surface area contributed by atoms with E-state index in [0.29, 0.717) is 19.5 Å². The first-order valence-electron chi connectivity index (χ1n) is 6.79. The van der Waals surface area contributed by atoms with Gasteiger partial charge in [-0.1, -0.05) is 19.8 Å². The van der Waals surface area contributed by atoms with E-state index in [1.807, 2.05) is 0 Å². The third-order valence-electron chi connectivity index (χ3n) is 4.28. The van der Waals surface area contributed by atoms with E-state index in [1.165, 1.54) is 17.7 Å². The van der Waals surface area contributed by atoms with Gasteiger partial charge in [-0.25, -0.2) is 9.59 Å². The Balaban J connectivity index is 1.86. The summed E-state index contributed by atoms with van der Waals surface area (Å²) in [6, 6.07) is -0.852. The lowest BCUT2D eigenvalue weighted by Gasteiger charge is -2.27. The molecule has 18 heavy (non-hydrogen) atoms. The van der Waals surface area contributed by atoms with Gasteiger partial charge in [0.05, 0.1) is 0 Å². The predicted molar refractivity (Wildman–Crippen MR) is 67.3 cm³/mol. The normalized spacial score (nSPS) is 26.3. The maximum atomic E-state index is 12.0. The molecule has 0 aromatic carbocycles. The van der Waals surface area contributed by atoms with E-state index < -0.39 is 12.0 Å². The van der Waals surface area contributed by atoms with Crippen LogP contribution < -0.4 is 5.32 Å². The number of carbonyl (C=O) groups excluding carboxylic acids is 1. The maximum Gasteiger partial charge on any atom is 0.326 e. The SMILES string of the molecule is CC1(CNC(=O)N2CCC[C@H]2C(=O)O)CCCC1. The van der Waals surface area contributed by atoms with Crippen molar-refractivity contribution in [3.8, 4) is 0 Å². The molecule has 0 unspecified atom stereocenters. The molecular weight excluding hydrogens is 232 g/mol. The van der Waals surface area contributed by atoms with Crippen molar-refractivity contribution >= 4 is 12.0 Å². The first-order valence-corrected chi connectivity index (χ1v) is 6.79. The third-order valence-corrected chi connectivity index (χ3v) is 4.28. The van der Waals surface area contributed by atoms with Gasteiger partial charge in [0, 0.05) is 13.1 Å². The fourth-order valence-corrected chi connectivity index (χ4v) is 3.06. The molecule has 0 spiro atoms. The summed E-state index contributed by atoms with van der Waals surface area (Å²) < 4.78 is 0. The van der Waals surface area contributed by atoms with Crippen LogP contribution >= 0.6 is 0 Å². The fourth-order valence-electron chi connectivity index (χ4n) is 3.06. The molecule has 1 saturated carbocycles. The van der Waals surface area contributed by atoms with E-state index in [-0.39, 0.29) is 11.4 Å². The number of rotatable bonds is 3. The molecule has 1 aliphatic heterocycles. The molecule has 1 heterocycles. The van der Waals surface area contributed by atoms with Gasteiger partial charge in [0.25, 0.3) is 0 Å². The van der Waals surface area contributed by atoms with Crippen LogP contribution in [0.1, 0.15) is 45.4 Å². The second-order valence-electron chi connectivity index (χ2n) is 5.87. The van der Waals surface area contributed by atoms with Gasteiger partial charge in [-0.2, -0.15) is 0 Å². The number of hydrogen-bond donors (Lipinski definition) is 2. The van der Waals surface area contributed by atoms with Crippen LogP contribution in [0.25, 0.3) is 0 Å². The Morgan fingerprint density at radius 2 is 2.00 bits per heavy atom. The van der Waals surface area contributed by atoms with E-state index in [4.69, 9.17) is 5.11 Å². The number of aliphatic carboxylic acids is 1. The average molecular weight is 254 g/mol. The minimum absolute atomic E-state index is 0.202. The van der Waals surface area contributed by atoms with Gasteiger partial charge < -0.3 is 15.3 Å². The standard InChI is InChI=1S/C13H22N2O3/c1-13(6-2-3-7-13)9-14-12(18)15-8-4-5-10(15)11(16)17/h10H,2-9H2,1H3,(H,14,18)(H,16,17)/t10-/m0/s1. The van der Waals surface area contributed by atoms with Crippen LogP contribution in [0.15, 0.2) is 0 Å². The summed E-state index contributed by atoms with van der Waals surface area (Å²) in [6.07, 6.45) is 6.11. The lowest BCUT2D eigenvalue weighted by molar-refractivity contribution is -0.141. The van der Waals surface area contributed by atoms with Crippen LogP contribution in [0.5, 0.6) is 0 Å². The number of nitrogens with zero attached hydrogens (tertiary/aromatic N) is 1. The quantitative estimate of drug-likeness (QED) is 0.807. The number of urea groups is 1. The highest BCUT2D eigenvalue weighted by Gasteiger charge is 2.35. The monoisotopic (exact) mass is 254 g/mol. The van der Waals surface area contributed by atoms with Crippen LogP contribution in [0, 0.1) is 5.41 Å². The molecule has 2 N–H and O–H groups in total. The molecule has 102 valence electrons. The highest BCUT2D eigenvalue weighted by molar-refractivity contribution is 5.83. The van der Waals surface area contributed by atoms with E-state index in [0.717, 1.165) is 19.3 Å². The number of carboxylic acids is 1. The summed E-state index contributed by atoms with van der Waals surface area (Å²) in [4.78, 5) is 24.5. The van der Waals surface area contributed by atoms with E-state index in [2.05, 4.69) is 12.2 Å². The smallest absolute Gasteiger partial charge is 0.326 e. The van der Waals surface area contributed by atoms with Crippen LogP contribution in [0.3, 0.4) is 0 Å². The molecule has 1 aliphatic carbocycles. The second kappa shape index (κ2) is 5.16. The Morgan fingerprint density at radius 3 is 2.61 bits per heavy atom. The Kier molecular flexibility index (Phi) is 3.78. The minimum atomic E-state index is -0.894. The zero-order valence-electron chi connectivity index (χ0n) is 10.9. The summed E-state index contributed by atoms with van der Waals surface area (Å²) in [5, 5.41) is 12.0. The molecule has 2 rings (SSSR count). The molecule has 5 heteroatoms. The molecule has 0 bridgehead atoms. The van der Waals surface area contributed by atoms with Crippen LogP contribution in [0.4, 0.5) is 4.79 Å². The first kappa shape index (κ1) is 13.2. The molecule has 1 saturated heterocycles. The molecule has 1 atom stereocenters. The molecule has 0 aromatic heterocycles. The molecule has 2 fully saturated rings. The van der Waals surface area contributed by atoms with Crippen molar-refractivity contribution in [2.45, 2.75) is 51.5 Å². The van der Waals surface area contributed by atoms with Crippen molar-refractivity contribution in [1.29, 1.82) is 0 Å². The van der Waals surface area contributed by atoms with Crippen LogP contribution in [0.2, 0.25) is 0 Å². The molecule has 5 nitrogen and oxygen atoms in total. The van der Waals surface area contributed by atoms with Crippen molar-refractivity contribution in [2.24, 2.45) is 5.41 Å². The van der Waals surface area contributed by atoms with Crippen molar-refractivity contribution in [1.82, 2.24) is 10.2 Å². The molecular formula is C13H22N2O3. The van der Waals surface area contributed by atoms with Crippen molar-refractivity contribution < 1.29 is 14.7 Å². The highest BCUT2D eigenvalue weighted by Crippen LogP contribution is 2.36. The van der Waals surface area contributed by atoms with Crippen molar-refractivity contribution in [2.75, 3.05) is 13.1 Å². The number of likely N-dealkylation sites (tertiary alicyclic amines) is 1. The number of hydrogen-bond acceptors (Lipinski definition) is 2. The maximum absolute atomic E-state index is 12.0. The Hall–Kier alpha value is -1.26. The summed E-state index contributed by atoms with van der Waals surface area (Å²) >= 11 is 0. The van der Waals surface area contributed by atoms with Gasteiger partial charge in [0.1, 0.15) is 6.04 Å². The van der Waals surface area contributed by atoms with E-state index >= 15 is 0 Å². The predicted octanol–water partition coefficient (Wildman–Crippen LogP) is 1.83. The summed E-state index contributed by atoms with van der Waals surface area (Å²) in [5.74, 6) is -0.894. The van der Waals surface area contributed by atoms with E-state index in [9.17, 15) is 9.59 Å². The summed E-state index contributed by atoms with van der Waals surface area (Å²) in [6.45, 7) is 3.41. The fraction of sp³-hybridized carbons (Fsp3) is 0.846.